The van der Waals surface area contributed by atoms with Crippen molar-refractivity contribution in [1.82, 2.24) is 19.6 Å². The molecule has 0 unspecified atom stereocenters. The summed E-state index contributed by atoms with van der Waals surface area (Å²) in [5.74, 6) is 0.199. The van der Waals surface area contributed by atoms with E-state index in [0.29, 0.717) is 25.4 Å². The number of carbonyl (C=O) groups is 1. The van der Waals surface area contributed by atoms with Gasteiger partial charge in [0.05, 0.1) is 19.3 Å². The Labute approximate surface area is 118 Å². The van der Waals surface area contributed by atoms with Gasteiger partial charge in [-0.05, 0) is 0 Å². The van der Waals surface area contributed by atoms with E-state index in [0.717, 1.165) is 4.31 Å². The predicted molar refractivity (Wildman–Crippen MR) is 72.7 cm³/mol. The molecule has 0 radical (unpaired) electrons. The van der Waals surface area contributed by atoms with E-state index in [-0.39, 0.29) is 17.5 Å². The van der Waals surface area contributed by atoms with Crippen molar-refractivity contribution < 1.29 is 17.9 Å². The largest absolute Gasteiger partial charge is 0.383 e. The Kier molecular flexibility index (Phi) is 6.11. The number of amides is 1. The second-order valence-electron chi connectivity index (χ2n) is 4.15. The maximum absolute atomic E-state index is 12.2. The number of aromatic amines is 1. The second kappa shape index (κ2) is 7.36. The van der Waals surface area contributed by atoms with Crippen LogP contribution in [0.3, 0.4) is 0 Å². The minimum Gasteiger partial charge on any atom is -0.383 e. The van der Waals surface area contributed by atoms with Crippen LogP contribution >= 0.6 is 0 Å². The lowest BCUT2D eigenvalue weighted by atomic mass is 10.5. The van der Waals surface area contributed by atoms with Gasteiger partial charge in [0.15, 0.2) is 5.03 Å². The van der Waals surface area contributed by atoms with E-state index >= 15 is 0 Å². The predicted octanol–water partition coefficient (Wildman–Crippen LogP) is -0.645. The minimum atomic E-state index is -3.73. The van der Waals surface area contributed by atoms with E-state index < -0.39 is 10.0 Å². The fraction of sp³-hybridized carbons (Fsp3) is 0.636. The first-order valence-corrected chi connectivity index (χ1v) is 7.61. The molecule has 20 heavy (non-hydrogen) atoms. The molecule has 0 aliphatic carbocycles. The van der Waals surface area contributed by atoms with Crippen LogP contribution < -0.4 is 5.32 Å². The van der Waals surface area contributed by atoms with Crippen LogP contribution in [0, 0.1) is 0 Å². The van der Waals surface area contributed by atoms with Crippen LogP contribution in [0.15, 0.2) is 11.2 Å². The molecular weight excluding hydrogens is 284 g/mol. The lowest BCUT2D eigenvalue weighted by Crippen LogP contribution is -2.39. The summed E-state index contributed by atoms with van der Waals surface area (Å²) in [6.07, 6.45) is 1.87. The maximum atomic E-state index is 12.2. The number of likely N-dealkylation sites (N-methyl/N-ethyl adjacent to an activating group) is 1. The minimum absolute atomic E-state index is 0.0125. The lowest BCUT2D eigenvalue weighted by Gasteiger charge is -2.15. The third-order valence-corrected chi connectivity index (χ3v) is 4.34. The summed E-state index contributed by atoms with van der Waals surface area (Å²) in [5.41, 5.74) is 0. The molecule has 2 N–H and O–H groups in total. The van der Waals surface area contributed by atoms with Crippen molar-refractivity contribution in [3.05, 3.63) is 12.0 Å². The van der Waals surface area contributed by atoms with Crippen LogP contribution in [0.4, 0.5) is 0 Å². The topological polar surface area (TPSA) is 104 Å². The zero-order valence-corrected chi connectivity index (χ0v) is 12.7. The number of methoxy groups -OCH3 is 1. The van der Waals surface area contributed by atoms with E-state index in [1.54, 1.807) is 0 Å². The number of sulfonamides is 1. The second-order valence-corrected chi connectivity index (χ2v) is 6.16. The van der Waals surface area contributed by atoms with Crippen LogP contribution in [0.25, 0.3) is 0 Å². The molecular formula is C11H20N4O4S. The molecule has 0 fully saturated rings. The van der Waals surface area contributed by atoms with Gasteiger partial charge in [0.1, 0.15) is 5.82 Å². The summed E-state index contributed by atoms with van der Waals surface area (Å²) in [7, 11) is -0.866. The maximum Gasteiger partial charge on any atom is 0.260 e. The fourth-order valence-corrected chi connectivity index (χ4v) is 2.51. The molecule has 0 aromatic carbocycles. The lowest BCUT2D eigenvalue weighted by molar-refractivity contribution is -0.121. The number of hydrogen-bond donors (Lipinski definition) is 2. The molecule has 0 aliphatic heterocycles. The first-order valence-electron chi connectivity index (χ1n) is 6.17. The normalized spacial score (nSPS) is 11.8. The SMILES string of the molecule is CCc1ncc(S(=O)(=O)N(C)CC(=O)NCCOC)[nH]1. The third kappa shape index (κ3) is 4.29. The zero-order chi connectivity index (χ0) is 15.2. The molecule has 114 valence electrons. The van der Waals surface area contributed by atoms with Crippen LogP contribution in [-0.2, 0) is 26.0 Å². The summed E-state index contributed by atoms with van der Waals surface area (Å²) >= 11 is 0. The number of imidazole rings is 1. The molecule has 1 heterocycles. The van der Waals surface area contributed by atoms with Crippen molar-refractivity contribution in [2.24, 2.45) is 0 Å². The number of aromatic nitrogens is 2. The highest BCUT2D eigenvalue weighted by Crippen LogP contribution is 2.11. The van der Waals surface area contributed by atoms with Crippen molar-refractivity contribution in [2.45, 2.75) is 18.4 Å². The van der Waals surface area contributed by atoms with Crippen LogP contribution in [0.5, 0.6) is 0 Å². The number of carbonyl (C=O) groups excluding carboxylic acids is 1. The number of H-pyrrole nitrogens is 1. The standard InChI is InChI=1S/C11H20N4O4S/c1-4-9-13-7-11(14-9)20(17,18)15(2)8-10(16)12-5-6-19-3/h7H,4-6,8H2,1-3H3,(H,12,16)(H,13,14). The van der Waals surface area contributed by atoms with Gasteiger partial charge >= 0.3 is 0 Å². The number of nitrogens with one attached hydrogen (secondary N) is 2. The molecule has 0 spiro atoms. The van der Waals surface area contributed by atoms with Gasteiger partial charge in [-0.2, -0.15) is 4.31 Å². The van der Waals surface area contributed by atoms with Crippen LogP contribution in [0.1, 0.15) is 12.7 Å². The molecule has 0 atom stereocenters. The van der Waals surface area contributed by atoms with Gasteiger partial charge in [0, 0.05) is 27.1 Å². The number of rotatable bonds is 8. The first-order chi connectivity index (χ1) is 9.41. The number of nitrogens with zero attached hydrogens (tertiary/aromatic N) is 2. The monoisotopic (exact) mass is 304 g/mol. The Balaban J connectivity index is 2.65. The number of hydrogen-bond acceptors (Lipinski definition) is 5. The molecule has 1 aromatic heterocycles. The Hall–Kier alpha value is -1.45. The van der Waals surface area contributed by atoms with Crippen LogP contribution in [0.2, 0.25) is 0 Å². The molecule has 9 heteroatoms. The molecule has 0 saturated heterocycles. The zero-order valence-electron chi connectivity index (χ0n) is 11.8. The van der Waals surface area contributed by atoms with Gasteiger partial charge in [0.25, 0.3) is 10.0 Å². The van der Waals surface area contributed by atoms with E-state index in [4.69, 9.17) is 4.74 Å². The summed E-state index contributed by atoms with van der Waals surface area (Å²) in [6.45, 7) is 2.32. The van der Waals surface area contributed by atoms with Crippen molar-refractivity contribution in [2.75, 3.05) is 33.9 Å². The van der Waals surface area contributed by atoms with E-state index in [1.807, 2.05) is 6.92 Å². The van der Waals surface area contributed by atoms with E-state index in [2.05, 4.69) is 15.3 Å². The Morgan fingerprint density at radius 1 is 1.55 bits per heavy atom. The van der Waals surface area contributed by atoms with Crippen molar-refractivity contribution >= 4 is 15.9 Å². The smallest absolute Gasteiger partial charge is 0.260 e. The third-order valence-electron chi connectivity index (χ3n) is 2.62. The summed E-state index contributed by atoms with van der Waals surface area (Å²) < 4.78 is 30.1. The summed E-state index contributed by atoms with van der Waals surface area (Å²) in [6, 6.07) is 0. The molecule has 8 nitrogen and oxygen atoms in total. The summed E-state index contributed by atoms with van der Waals surface area (Å²) in [5, 5.41) is 2.55. The number of aryl methyl sites for hydroxylation is 1. The van der Waals surface area contributed by atoms with Crippen molar-refractivity contribution in [1.29, 1.82) is 0 Å². The van der Waals surface area contributed by atoms with Gasteiger partial charge in [-0.3, -0.25) is 4.79 Å². The van der Waals surface area contributed by atoms with Crippen molar-refractivity contribution in [3.8, 4) is 0 Å². The van der Waals surface area contributed by atoms with Crippen LogP contribution in [-0.4, -0.2) is 62.5 Å². The highest BCUT2D eigenvalue weighted by Gasteiger charge is 2.24. The summed E-state index contributed by atoms with van der Waals surface area (Å²) in [4.78, 5) is 18.2. The average Bonchev–Trinajstić information content (AvgIpc) is 2.88. The van der Waals surface area contributed by atoms with E-state index in [9.17, 15) is 13.2 Å². The highest BCUT2D eigenvalue weighted by molar-refractivity contribution is 7.89. The first kappa shape index (κ1) is 16.6. The molecule has 0 aliphatic rings. The van der Waals surface area contributed by atoms with Gasteiger partial charge < -0.3 is 15.0 Å². The van der Waals surface area contributed by atoms with E-state index in [1.165, 1.54) is 20.4 Å². The fourth-order valence-electron chi connectivity index (χ4n) is 1.46. The average molecular weight is 304 g/mol. The molecule has 1 amide bonds. The Morgan fingerprint density at radius 3 is 2.80 bits per heavy atom. The van der Waals surface area contributed by atoms with Crippen molar-refractivity contribution in [3.63, 3.8) is 0 Å². The van der Waals surface area contributed by atoms with Gasteiger partial charge in [-0.15, -0.1) is 0 Å². The molecule has 0 saturated carbocycles. The van der Waals surface area contributed by atoms with Gasteiger partial charge in [-0.25, -0.2) is 13.4 Å². The molecule has 1 aromatic rings. The molecule has 1 rings (SSSR count). The quantitative estimate of drug-likeness (QED) is 0.621. The Bertz CT molecular complexity index is 540. The Morgan fingerprint density at radius 2 is 2.25 bits per heavy atom. The van der Waals surface area contributed by atoms with Gasteiger partial charge in [0.2, 0.25) is 5.91 Å². The molecule has 0 bridgehead atoms. The van der Waals surface area contributed by atoms with Gasteiger partial charge in [-0.1, -0.05) is 6.92 Å². The number of ether oxygens (including phenoxy) is 1. The highest BCUT2D eigenvalue weighted by atomic mass is 32.2.